The number of morpholine rings is 1. The maximum atomic E-state index is 12.8. The highest BCUT2D eigenvalue weighted by molar-refractivity contribution is 7.89. The van der Waals surface area contributed by atoms with Gasteiger partial charge in [0.05, 0.1) is 13.2 Å². The van der Waals surface area contributed by atoms with Crippen molar-refractivity contribution in [1.82, 2.24) is 9.62 Å². The number of nitrogens with zero attached hydrogens (tertiary/aromatic N) is 1. The van der Waals surface area contributed by atoms with E-state index in [1.165, 1.54) is 12.1 Å². The molecule has 1 heterocycles. The van der Waals surface area contributed by atoms with Crippen molar-refractivity contribution in [3.63, 3.8) is 0 Å². The maximum absolute atomic E-state index is 12.8. The van der Waals surface area contributed by atoms with Gasteiger partial charge in [0.15, 0.2) is 0 Å². The molecule has 0 spiro atoms. The molecule has 3 rings (SSSR count). The van der Waals surface area contributed by atoms with E-state index in [0.29, 0.717) is 36.9 Å². The second kappa shape index (κ2) is 9.52. The molecule has 11 heteroatoms. The Kier molecular flexibility index (Phi) is 7.25. The third-order valence-corrected chi connectivity index (χ3v) is 6.39. The first kappa shape index (κ1) is 22.8. The molecule has 1 fully saturated rings. The van der Waals surface area contributed by atoms with Crippen molar-refractivity contribution in [2.24, 2.45) is 0 Å². The zero-order chi connectivity index (χ0) is 21.8. The largest absolute Gasteiger partial charge is 0.573 e. The molecule has 0 aromatic heterocycles. The van der Waals surface area contributed by atoms with Crippen molar-refractivity contribution in [2.75, 3.05) is 32.8 Å². The van der Waals surface area contributed by atoms with Crippen molar-refractivity contribution < 1.29 is 31.1 Å². The second-order valence-corrected chi connectivity index (χ2v) is 8.67. The lowest BCUT2D eigenvalue weighted by molar-refractivity contribution is -0.275. The van der Waals surface area contributed by atoms with E-state index in [2.05, 4.69) is 9.46 Å². The molecule has 0 bridgehead atoms. The average molecular weight is 465 g/mol. The smallest absolute Gasteiger partial charge is 0.404 e. The van der Waals surface area contributed by atoms with Crippen LogP contribution in [0.4, 0.5) is 13.2 Å². The maximum Gasteiger partial charge on any atom is 0.573 e. The summed E-state index contributed by atoms with van der Waals surface area (Å²) >= 11 is 6.32. The lowest BCUT2D eigenvalue weighted by Gasteiger charge is -2.35. The SMILES string of the molecule is O=S(=O)(NCC(c1ccccc1Cl)N1CCOCC1)c1ccccc1OC(F)(F)F. The van der Waals surface area contributed by atoms with Crippen LogP contribution < -0.4 is 9.46 Å². The number of benzene rings is 2. The molecule has 1 aliphatic rings. The first-order chi connectivity index (χ1) is 14.2. The van der Waals surface area contributed by atoms with Gasteiger partial charge in [-0.05, 0) is 23.8 Å². The summed E-state index contributed by atoms with van der Waals surface area (Å²) in [6, 6.07) is 11.2. The van der Waals surface area contributed by atoms with Crippen LogP contribution in [0.25, 0.3) is 0 Å². The van der Waals surface area contributed by atoms with Crippen LogP contribution in [0.3, 0.4) is 0 Å². The van der Waals surface area contributed by atoms with Gasteiger partial charge in [0.1, 0.15) is 10.6 Å². The Hall–Kier alpha value is -1.85. The molecule has 0 aliphatic carbocycles. The highest BCUT2D eigenvalue weighted by Gasteiger charge is 2.34. The third-order valence-electron chi connectivity index (χ3n) is 4.58. The quantitative estimate of drug-likeness (QED) is 0.678. The molecule has 0 amide bonds. The molecule has 164 valence electrons. The summed E-state index contributed by atoms with van der Waals surface area (Å²) < 4.78 is 75.2. The van der Waals surface area contributed by atoms with Gasteiger partial charge >= 0.3 is 6.36 Å². The van der Waals surface area contributed by atoms with Gasteiger partial charge in [0.25, 0.3) is 0 Å². The number of hydrogen-bond acceptors (Lipinski definition) is 5. The molecular weight excluding hydrogens is 445 g/mol. The molecule has 30 heavy (non-hydrogen) atoms. The molecule has 1 aliphatic heterocycles. The fraction of sp³-hybridized carbons (Fsp3) is 0.368. The molecule has 1 N–H and O–H groups in total. The molecule has 0 saturated carbocycles. The Bertz CT molecular complexity index is 966. The minimum atomic E-state index is -5.01. The summed E-state index contributed by atoms with van der Waals surface area (Å²) in [7, 11) is -4.29. The van der Waals surface area contributed by atoms with E-state index in [1.54, 1.807) is 24.3 Å². The topological polar surface area (TPSA) is 67.9 Å². The van der Waals surface area contributed by atoms with Crippen molar-refractivity contribution in [3.8, 4) is 5.75 Å². The molecule has 0 radical (unpaired) electrons. The molecule has 2 aromatic carbocycles. The zero-order valence-corrected chi connectivity index (χ0v) is 17.3. The van der Waals surface area contributed by atoms with E-state index in [1.807, 2.05) is 4.90 Å². The lowest BCUT2D eigenvalue weighted by atomic mass is 10.0. The Morgan fingerprint density at radius 2 is 1.73 bits per heavy atom. The van der Waals surface area contributed by atoms with Crippen molar-refractivity contribution in [1.29, 1.82) is 0 Å². The van der Waals surface area contributed by atoms with Crippen LogP contribution in [-0.4, -0.2) is 52.5 Å². The Morgan fingerprint density at radius 1 is 1.10 bits per heavy atom. The number of nitrogens with one attached hydrogen (secondary N) is 1. The highest BCUT2D eigenvalue weighted by Crippen LogP contribution is 2.31. The first-order valence-electron chi connectivity index (χ1n) is 9.08. The number of hydrogen-bond donors (Lipinski definition) is 1. The summed E-state index contributed by atoms with van der Waals surface area (Å²) in [4.78, 5) is 1.42. The predicted octanol–water partition coefficient (Wildman–Crippen LogP) is 3.59. The van der Waals surface area contributed by atoms with Crippen molar-refractivity contribution in [3.05, 3.63) is 59.1 Å². The summed E-state index contributed by atoms with van der Waals surface area (Å²) in [6.45, 7) is 2.00. The first-order valence-corrected chi connectivity index (χ1v) is 10.9. The Labute approximate surface area is 177 Å². The molecule has 6 nitrogen and oxygen atoms in total. The number of sulfonamides is 1. The number of halogens is 4. The Morgan fingerprint density at radius 3 is 2.40 bits per heavy atom. The number of ether oxygens (including phenoxy) is 2. The monoisotopic (exact) mass is 464 g/mol. The van der Waals surface area contributed by atoms with Gasteiger partial charge < -0.3 is 9.47 Å². The molecule has 1 atom stereocenters. The van der Waals surface area contributed by atoms with E-state index in [4.69, 9.17) is 16.3 Å². The second-order valence-electron chi connectivity index (χ2n) is 6.53. The van der Waals surface area contributed by atoms with Gasteiger partial charge in [-0.25, -0.2) is 13.1 Å². The minimum Gasteiger partial charge on any atom is -0.404 e. The fourth-order valence-electron chi connectivity index (χ4n) is 3.22. The van der Waals surface area contributed by atoms with E-state index >= 15 is 0 Å². The van der Waals surface area contributed by atoms with E-state index in [-0.39, 0.29) is 6.54 Å². The third kappa shape index (κ3) is 5.86. The van der Waals surface area contributed by atoms with E-state index < -0.39 is 33.1 Å². The van der Waals surface area contributed by atoms with Crippen LogP contribution in [-0.2, 0) is 14.8 Å². The lowest BCUT2D eigenvalue weighted by Crippen LogP contribution is -2.44. The summed E-state index contributed by atoms with van der Waals surface area (Å²) in [5.74, 6) is -0.793. The predicted molar refractivity (Wildman–Crippen MR) is 105 cm³/mol. The number of para-hydroxylation sites is 1. The van der Waals surface area contributed by atoms with Gasteiger partial charge in [0, 0.05) is 30.7 Å². The van der Waals surface area contributed by atoms with Crippen LogP contribution in [0.15, 0.2) is 53.4 Å². The van der Waals surface area contributed by atoms with Crippen LogP contribution >= 0.6 is 11.6 Å². The van der Waals surface area contributed by atoms with Gasteiger partial charge in [0.2, 0.25) is 10.0 Å². The molecular formula is C19H20ClF3N2O4S. The van der Waals surface area contributed by atoms with Gasteiger partial charge in [-0.2, -0.15) is 0 Å². The van der Waals surface area contributed by atoms with Gasteiger partial charge in [-0.3, -0.25) is 4.90 Å². The zero-order valence-electron chi connectivity index (χ0n) is 15.7. The van der Waals surface area contributed by atoms with E-state index in [0.717, 1.165) is 12.1 Å². The number of alkyl halides is 3. The van der Waals surface area contributed by atoms with E-state index in [9.17, 15) is 21.6 Å². The fourth-order valence-corrected chi connectivity index (χ4v) is 4.64. The van der Waals surface area contributed by atoms with Gasteiger partial charge in [-0.15, -0.1) is 13.2 Å². The summed E-state index contributed by atoms with van der Waals surface area (Å²) in [6.07, 6.45) is -5.01. The van der Waals surface area contributed by atoms with Crippen LogP contribution in [0.5, 0.6) is 5.75 Å². The van der Waals surface area contributed by atoms with Crippen LogP contribution in [0.1, 0.15) is 11.6 Å². The average Bonchev–Trinajstić information content (AvgIpc) is 2.69. The van der Waals surface area contributed by atoms with Crippen LogP contribution in [0, 0.1) is 0 Å². The minimum absolute atomic E-state index is 0.0909. The summed E-state index contributed by atoms with van der Waals surface area (Å²) in [5, 5.41) is 0.467. The van der Waals surface area contributed by atoms with Gasteiger partial charge in [-0.1, -0.05) is 41.9 Å². The molecule has 1 unspecified atom stereocenters. The number of rotatable bonds is 7. The van der Waals surface area contributed by atoms with Crippen molar-refractivity contribution in [2.45, 2.75) is 17.3 Å². The molecule has 1 saturated heterocycles. The Balaban J connectivity index is 1.85. The van der Waals surface area contributed by atoms with Crippen LogP contribution in [0.2, 0.25) is 5.02 Å². The molecule has 2 aromatic rings. The highest BCUT2D eigenvalue weighted by atomic mass is 35.5. The summed E-state index contributed by atoms with van der Waals surface area (Å²) in [5.41, 5.74) is 0.712. The normalized spacial score (nSPS) is 16.9. The van der Waals surface area contributed by atoms with Crippen molar-refractivity contribution >= 4 is 21.6 Å². The standard InChI is InChI=1S/C19H20ClF3N2O4S/c20-15-6-2-1-5-14(15)16(25-9-11-28-12-10-25)13-24-30(26,27)18-8-4-3-7-17(18)29-19(21,22)23/h1-8,16,24H,9-13H2.